The van der Waals surface area contributed by atoms with Gasteiger partial charge < -0.3 is 4.74 Å². The van der Waals surface area contributed by atoms with Crippen LogP contribution in [0.15, 0.2) is 54.6 Å². The Morgan fingerprint density at radius 3 is 2.39 bits per heavy atom. The minimum Gasteiger partial charge on any atom is -0.457 e. The van der Waals surface area contributed by atoms with Gasteiger partial charge in [0.25, 0.3) is 0 Å². The van der Waals surface area contributed by atoms with Crippen LogP contribution in [0.3, 0.4) is 0 Å². The maximum Gasteiger partial charge on any atom is 0.242 e. The van der Waals surface area contributed by atoms with E-state index in [0.717, 1.165) is 23.5 Å². The molecule has 2 heterocycles. The Kier molecular flexibility index (Phi) is 5.34. The topological polar surface area (TPSA) is 75.7 Å². The number of nitrogens with zero attached hydrogens (tertiary/aromatic N) is 1. The quantitative estimate of drug-likeness (QED) is 0.600. The number of benzene rings is 2. The number of hydrogen-bond acceptors (Lipinski definition) is 5. The van der Waals surface area contributed by atoms with Crippen molar-refractivity contribution in [2.45, 2.75) is 37.0 Å². The van der Waals surface area contributed by atoms with E-state index >= 15 is 0 Å². The van der Waals surface area contributed by atoms with Gasteiger partial charge in [-0.05, 0) is 54.6 Å². The lowest BCUT2D eigenvalue weighted by Gasteiger charge is -2.25. The Hall–Kier alpha value is -2.80. The van der Waals surface area contributed by atoms with Crippen molar-refractivity contribution in [1.82, 2.24) is 9.62 Å². The highest BCUT2D eigenvalue weighted by molar-refractivity contribution is 7.99. The monoisotopic (exact) mass is 396 g/mol. The highest BCUT2D eigenvalue weighted by Gasteiger charge is 2.39. The molecule has 2 aliphatic heterocycles. The molecule has 2 fully saturated rings. The number of amides is 3. The first-order chi connectivity index (χ1) is 13.6. The Labute approximate surface area is 167 Å². The van der Waals surface area contributed by atoms with E-state index in [-0.39, 0.29) is 30.2 Å². The molecule has 3 amide bonds. The van der Waals surface area contributed by atoms with Gasteiger partial charge in [0.15, 0.2) is 0 Å². The van der Waals surface area contributed by atoms with Crippen LogP contribution in [0.5, 0.6) is 11.5 Å². The van der Waals surface area contributed by atoms with Crippen molar-refractivity contribution in [3.63, 3.8) is 0 Å². The molecule has 144 valence electrons. The van der Waals surface area contributed by atoms with Gasteiger partial charge in [0.2, 0.25) is 17.7 Å². The molecule has 1 N–H and O–H groups in total. The Morgan fingerprint density at radius 1 is 1.00 bits per heavy atom. The summed E-state index contributed by atoms with van der Waals surface area (Å²) in [4.78, 5) is 35.5. The predicted molar refractivity (Wildman–Crippen MR) is 106 cm³/mol. The summed E-state index contributed by atoms with van der Waals surface area (Å²) in [6.07, 6.45) is 2.05. The van der Waals surface area contributed by atoms with E-state index in [1.807, 2.05) is 54.6 Å². The van der Waals surface area contributed by atoms with Gasteiger partial charge in [-0.25, -0.2) is 0 Å². The zero-order valence-electron chi connectivity index (χ0n) is 15.2. The van der Waals surface area contributed by atoms with Gasteiger partial charge in [-0.2, -0.15) is 0 Å². The van der Waals surface area contributed by atoms with Crippen LogP contribution in [0.2, 0.25) is 0 Å². The Balaban J connectivity index is 1.39. The van der Waals surface area contributed by atoms with Crippen molar-refractivity contribution in [3.8, 4) is 11.5 Å². The van der Waals surface area contributed by atoms with Gasteiger partial charge in [0.1, 0.15) is 16.7 Å². The zero-order chi connectivity index (χ0) is 19.5. The van der Waals surface area contributed by atoms with Crippen molar-refractivity contribution in [1.29, 1.82) is 0 Å². The smallest absolute Gasteiger partial charge is 0.242 e. The van der Waals surface area contributed by atoms with E-state index in [4.69, 9.17) is 4.74 Å². The van der Waals surface area contributed by atoms with Gasteiger partial charge in [-0.1, -0.05) is 30.3 Å². The van der Waals surface area contributed by atoms with Crippen molar-refractivity contribution >= 4 is 29.7 Å². The van der Waals surface area contributed by atoms with Crippen molar-refractivity contribution < 1.29 is 19.1 Å². The third-order valence-corrected chi connectivity index (χ3v) is 6.17. The second-order valence-corrected chi connectivity index (χ2v) is 8.06. The van der Waals surface area contributed by atoms with E-state index in [9.17, 15) is 14.4 Å². The number of hydrogen-bond donors (Lipinski definition) is 1. The molecule has 6 nitrogen and oxygen atoms in total. The third kappa shape index (κ3) is 4.20. The lowest BCUT2D eigenvalue weighted by atomic mass is 10.0. The molecule has 2 aromatic rings. The Morgan fingerprint density at radius 2 is 1.71 bits per heavy atom. The molecule has 2 saturated heterocycles. The molecule has 0 aromatic heterocycles. The fraction of sp³-hybridized carbons (Fsp3) is 0.286. The van der Waals surface area contributed by atoms with E-state index in [1.54, 1.807) is 4.31 Å². The van der Waals surface area contributed by atoms with Crippen molar-refractivity contribution in [3.05, 3.63) is 60.2 Å². The average molecular weight is 396 g/mol. The lowest BCUT2D eigenvalue weighted by molar-refractivity contribution is -0.125. The average Bonchev–Trinajstić information content (AvgIpc) is 3.20. The molecule has 0 bridgehead atoms. The number of carbonyl (C=O) groups is 3. The summed E-state index contributed by atoms with van der Waals surface area (Å²) in [7, 11) is 0. The van der Waals surface area contributed by atoms with Crippen LogP contribution in [-0.4, -0.2) is 33.3 Å². The van der Waals surface area contributed by atoms with E-state index in [1.165, 1.54) is 11.9 Å². The highest BCUT2D eigenvalue weighted by atomic mass is 32.2. The van der Waals surface area contributed by atoms with Gasteiger partial charge in [0.05, 0.1) is 0 Å². The molecule has 28 heavy (non-hydrogen) atoms. The largest absolute Gasteiger partial charge is 0.457 e. The molecular formula is C21H20N2O4S. The number of rotatable bonds is 6. The van der Waals surface area contributed by atoms with E-state index < -0.39 is 5.25 Å². The highest BCUT2D eigenvalue weighted by Crippen LogP contribution is 2.34. The maximum atomic E-state index is 12.3. The van der Waals surface area contributed by atoms with E-state index in [2.05, 4.69) is 5.32 Å². The zero-order valence-corrected chi connectivity index (χ0v) is 16.0. The minimum absolute atomic E-state index is 0.0156. The van der Waals surface area contributed by atoms with Crippen LogP contribution in [0.4, 0.5) is 0 Å². The van der Waals surface area contributed by atoms with Gasteiger partial charge >= 0.3 is 0 Å². The molecule has 2 aromatic carbocycles. The molecule has 0 saturated carbocycles. The first kappa shape index (κ1) is 18.6. The first-order valence-electron chi connectivity index (χ1n) is 9.23. The van der Waals surface area contributed by atoms with Gasteiger partial charge in [0, 0.05) is 18.9 Å². The number of ether oxygens (including phenoxy) is 1. The van der Waals surface area contributed by atoms with Crippen LogP contribution in [0.1, 0.15) is 24.8 Å². The standard InChI is InChI=1S/C21H20N2O4S/c24-19-13-18(21(26)22-19)28-23-15(8-11-20(23)25)12-14-6-9-17(10-7-14)27-16-4-2-1-3-5-16/h1-7,9-10,15,18H,8,11-13H2,(H,22,24,26)/t15-,18?/m1/s1. The summed E-state index contributed by atoms with van der Waals surface area (Å²) in [6, 6.07) is 17.4. The van der Waals surface area contributed by atoms with Crippen molar-refractivity contribution in [2.24, 2.45) is 0 Å². The summed E-state index contributed by atoms with van der Waals surface area (Å²) >= 11 is 1.19. The molecule has 7 heteroatoms. The number of nitrogens with one attached hydrogen (secondary N) is 1. The van der Waals surface area contributed by atoms with Crippen LogP contribution in [-0.2, 0) is 20.8 Å². The fourth-order valence-corrected chi connectivity index (χ4v) is 4.61. The summed E-state index contributed by atoms with van der Waals surface area (Å²) in [5.41, 5.74) is 1.10. The molecule has 0 radical (unpaired) electrons. The van der Waals surface area contributed by atoms with Crippen LogP contribution in [0.25, 0.3) is 0 Å². The molecule has 4 rings (SSSR count). The van der Waals surface area contributed by atoms with Gasteiger partial charge in [-0.15, -0.1) is 0 Å². The van der Waals surface area contributed by atoms with Crippen LogP contribution < -0.4 is 10.1 Å². The molecular weight excluding hydrogens is 376 g/mol. The van der Waals surface area contributed by atoms with Crippen LogP contribution >= 0.6 is 11.9 Å². The summed E-state index contributed by atoms with van der Waals surface area (Å²) < 4.78 is 7.50. The minimum atomic E-state index is -0.515. The number of carbonyl (C=O) groups excluding carboxylic acids is 3. The number of para-hydroxylation sites is 1. The van der Waals surface area contributed by atoms with Crippen LogP contribution in [0, 0.1) is 0 Å². The summed E-state index contributed by atoms with van der Waals surface area (Å²) in [6.45, 7) is 0. The Bertz CT molecular complexity index is 885. The summed E-state index contributed by atoms with van der Waals surface area (Å²) in [5, 5.41) is 1.78. The fourth-order valence-electron chi connectivity index (χ4n) is 3.39. The van der Waals surface area contributed by atoms with E-state index in [0.29, 0.717) is 12.8 Å². The molecule has 0 spiro atoms. The first-order valence-corrected chi connectivity index (χ1v) is 10.1. The third-order valence-electron chi connectivity index (χ3n) is 4.81. The number of imide groups is 1. The second-order valence-electron chi connectivity index (χ2n) is 6.89. The second kappa shape index (κ2) is 8.06. The molecule has 2 aliphatic rings. The molecule has 0 aliphatic carbocycles. The molecule has 2 atom stereocenters. The van der Waals surface area contributed by atoms with Crippen molar-refractivity contribution in [2.75, 3.05) is 0 Å². The van der Waals surface area contributed by atoms with Gasteiger partial charge in [-0.3, -0.25) is 24.0 Å². The maximum absolute atomic E-state index is 12.3. The molecule has 1 unspecified atom stereocenters. The SMILES string of the molecule is O=C1CC(SN2C(=O)CC[C@@H]2Cc2ccc(Oc3ccccc3)cc2)C(=O)N1. The summed E-state index contributed by atoms with van der Waals surface area (Å²) in [5.74, 6) is 0.968. The lowest BCUT2D eigenvalue weighted by Crippen LogP contribution is -2.33. The predicted octanol–water partition coefficient (Wildman–Crippen LogP) is 3.08. The normalized spacial score (nSPS) is 21.9.